The zero-order valence-corrected chi connectivity index (χ0v) is 10.7. The molecule has 0 amide bonds. The molecular weight excluding hydrogens is 228 g/mol. The molecule has 80 valence electrons. The molecule has 1 unspecified atom stereocenters. The summed E-state index contributed by atoms with van der Waals surface area (Å²) < 4.78 is 0. The van der Waals surface area contributed by atoms with Crippen molar-refractivity contribution in [3.63, 3.8) is 0 Å². The van der Waals surface area contributed by atoms with Crippen LogP contribution in [0, 0.1) is 0 Å². The van der Waals surface area contributed by atoms with Crippen LogP contribution in [-0.2, 0) is 0 Å². The van der Waals surface area contributed by atoms with Crippen LogP contribution in [0.4, 0.5) is 0 Å². The van der Waals surface area contributed by atoms with E-state index in [1.165, 1.54) is 25.8 Å². The summed E-state index contributed by atoms with van der Waals surface area (Å²) in [6.45, 7) is 5.67. The Morgan fingerprint density at radius 2 is 2.00 bits per heavy atom. The summed E-state index contributed by atoms with van der Waals surface area (Å²) in [6.07, 6.45) is 3.70. The first-order valence-electron chi connectivity index (χ1n) is 5.16. The third-order valence-corrected chi connectivity index (χ3v) is 3.14. The molecule has 0 aromatic heterocycles. The van der Waals surface area contributed by atoms with Gasteiger partial charge in [0.05, 0.1) is 0 Å². The summed E-state index contributed by atoms with van der Waals surface area (Å²) in [6, 6.07) is 0. The van der Waals surface area contributed by atoms with Crippen molar-refractivity contribution in [3.8, 4) is 0 Å². The predicted molar refractivity (Wildman–Crippen MR) is 63.7 cm³/mol. The number of hydrogen-bond donors (Lipinski definition) is 1. The zero-order chi connectivity index (χ0) is 10.1. The van der Waals surface area contributed by atoms with E-state index in [4.69, 9.17) is 0 Å². The number of alkyl halides is 1. The third-order valence-electron chi connectivity index (χ3n) is 2.04. The quantitative estimate of drug-likeness (QED) is 0.525. The first-order chi connectivity index (χ1) is 6.16. The Balaban J connectivity index is 2.99. The highest BCUT2D eigenvalue weighted by molar-refractivity contribution is 9.09. The average molecular weight is 251 g/mol. The summed E-state index contributed by atoms with van der Waals surface area (Å²) >= 11 is 3.62. The van der Waals surface area contributed by atoms with Gasteiger partial charge >= 0.3 is 0 Å². The van der Waals surface area contributed by atoms with Crippen molar-refractivity contribution in [3.05, 3.63) is 0 Å². The van der Waals surface area contributed by atoms with Crippen LogP contribution in [0.15, 0.2) is 0 Å². The monoisotopic (exact) mass is 250 g/mol. The Morgan fingerprint density at radius 3 is 2.54 bits per heavy atom. The maximum absolute atomic E-state index is 3.62. The number of nitrogens with zero attached hydrogens (tertiary/aromatic N) is 1. The van der Waals surface area contributed by atoms with Crippen molar-refractivity contribution < 1.29 is 0 Å². The second-order valence-electron chi connectivity index (χ2n) is 3.70. The Labute approximate surface area is 91.2 Å². The normalized spacial score (nSPS) is 13.6. The number of nitrogens with one attached hydrogen (secondary N) is 1. The molecule has 0 bridgehead atoms. The highest BCUT2D eigenvalue weighted by Gasteiger charge is 1.98. The fraction of sp³-hybridized carbons (Fsp3) is 1.00. The van der Waals surface area contributed by atoms with Gasteiger partial charge in [0.1, 0.15) is 0 Å². The molecule has 0 fully saturated rings. The van der Waals surface area contributed by atoms with E-state index in [0.717, 1.165) is 13.1 Å². The minimum atomic E-state index is 0.689. The maximum atomic E-state index is 3.62. The van der Waals surface area contributed by atoms with E-state index in [-0.39, 0.29) is 0 Å². The van der Waals surface area contributed by atoms with Gasteiger partial charge in [0.15, 0.2) is 0 Å². The Kier molecular flexibility index (Phi) is 9.25. The lowest BCUT2D eigenvalue weighted by atomic mass is 10.2. The molecule has 0 spiro atoms. The fourth-order valence-corrected chi connectivity index (χ4v) is 1.34. The number of rotatable bonds is 8. The maximum Gasteiger partial charge on any atom is 0.0155 e. The fourth-order valence-electron chi connectivity index (χ4n) is 1.11. The molecule has 0 aliphatic rings. The van der Waals surface area contributed by atoms with Gasteiger partial charge in [0, 0.05) is 4.83 Å². The van der Waals surface area contributed by atoms with Crippen LogP contribution in [0.25, 0.3) is 0 Å². The minimum Gasteiger partial charge on any atom is -0.317 e. The Morgan fingerprint density at radius 1 is 1.31 bits per heavy atom. The van der Waals surface area contributed by atoms with Crippen LogP contribution in [-0.4, -0.2) is 43.5 Å². The summed E-state index contributed by atoms with van der Waals surface area (Å²) in [5, 5.41) is 3.45. The summed E-state index contributed by atoms with van der Waals surface area (Å²) in [5.74, 6) is 0. The molecule has 13 heavy (non-hydrogen) atoms. The summed E-state index contributed by atoms with van der Waals surface area (Å²) in [4.78, 5) is 2.91. The minimum absolute atomic E-state index is 0.689. The smallest absolute Gasteiger partial charge is 0.0155 e. The third kappa shape index (κ3) is 10.3. The van der Waals surface area contributed by atoms with Gasteiger partial charge in [0.2, 0.25) is 0 Å². The lowest BCUT2D eigenvalue weighted by Crippen LogP contribution is -2.23. The zero-order valence-electron chi connectivity index (χ0n) is 9.15. The van der Waals surface area contributed by atoms with E-state index in [0.29, 0.717) is 4.83 Å². The van der Waals surface area contributed by atoms with E-state index in [9.17, 15) is 0 Å². The molecule has 1 atom stereocenters. The van der Waals surface area contributed by atoms with Crippen molar-refractivity contribution in [1.82, 2.24) is 10.2 Å². The standard InChI is InChI=1S/C10H23BrN2/c1-4-10(11)6-8-12-7-5-9-13(2)3/h10,12H,4-9H2,1-3H3. The molecule has 0 saturated carbocycles. The van der Waals surface area contributed by atoms with Gasteiger partial charge in [-0.25, -0.2) is 0 Å². The van der Waals surface area contributed by atoms with E-state index in [1.807, 2.05) is 0 Å². The second-order valence-corrected chi connectivity index (χ2v) is 5.00. The highest BCUT2D eigenvalue weighted by atomic mass is 79.9. The second kappa shape index (κ2) is 8.97. The number of hydrogen-bond acceptors (Lipinski definition) is 2. The van der Waals surface area contributed by atoms with Crippen LogP contribution in [0.1, 0.15) is 26.2 Å². The van der Waals surface area contributed by atoms with Crippen molar-refractivity contribution >= 4 is 15.9 Å². The van der Waals surface area contributed by atoms with E-state index >= 15 is 0 Å². The van der Waals surface area contributed by atoms with E-state index in [1.54, 1.807) is 0 Å². The van der Waals surface area contributed by atoms with Gasteiger partial charge in [0.25, 0.3) is 0 Å². The van der Waals surface area contributed by atoms with Crippen LogP contribution in [0.5, 0.6) is 0 Å². The molecule has 0 rings (SSSR count). The van der Waals surface area contributed by atoms with Gasteiger partial charge in [-0.3, -0.25) is 0 Å². The molecule has 3 heteroatoms. The van der Waals surface area contributed by atoms with Gasteiger partial charge in [-0.05, 0) is 53.0 Å². The van der Waals surface area contributed by atoms with Crippen molar-refractivity contribution in [2.75, 3.05) is 33.7 Å². The summed E-state index contributed by atoms with van der Waals surface area (Å²) in [7, 11) is 4.23. The first-order valence-corrected chi connectivity index (χ1v) is 6.08. The molecule has 0 aliphatic heterocycles. The molecule has 0 aliphatic carbocycles. The first kappa shape index (κ1) is 13.4. The molecular formula is C10H23BrN2. The molecule has 0 radical (unpaired) electrons. The molecule has 0 aromatic rings. The molecule has 0 heterocycles. The van der Waals surface area contributed by atoms with E-state index < -0.39 is 0 Å². The average Bonchev–Trinajstić information content (AvgIpc) is 2.10. The predicted octanol–water partition coefficient (Wildman–Crippen LogP) is 2.09. The molecule has 1 N–H and O–H groups in total. The van der Waals surface area contributed by atoms with Crippen LogP contribution >= 0.6 is 15.9 Å². The molecule has 0 saturated heterocycles. The van der Waals surface area contributed by atoms with Gasteiger partial charge in [-0.1, -0.05) is 22.9 Å². The Bertz CT molecular complexity index is 107. The lowest BCUT2D eigenvalue weighted by Gasteiger charge is -2.10. The van der Waals surface area contributed by atoms with Crippen LogP contribution in [0.3, 0.4) is 0 Å². The van der Waals surface area contributed by atoms with Crippen molar-refractivity contribution in [1.29, 1.82) is 0 Å². The highest BCUT2D eigenvalue weighted by Crippen LogP contribution is 2.07. The topological polar surface area (TPSA) is 15.3 Å². The van der Waals surface area contributed by atoms with Gasteiger partial charge in [-0.15, -0.1) is 0 Å². The number of halogens is 1. The lowest BCUT2D eigenvalue weighted by molar-refractivity contribution is 0.394. The van der Waals surface area contributed by atoms with Crippen molar-refractivity contribution in [2.24, 2.45) is 0 Å². The van der Waals surface area contributed by atoms with Crippen LogP contribution < -0.4 is 5.32 Å². The SMILES string of the molecule is CCC(Br)CCNCCCN(C)C. The van der Waals surface area contributed by atoms with Gasteiger partial charge in [-0.2, -0.15) is 0 Å². The van der Waals surface area contributed by atoms with Crippen LogP contribution in [0.2, 0.25) is 0 Å². The molecule has 0 aromatic carbocycles. The summed E-state index contributed by atoms with van der Waals surface area (Å²) in [5.41, 5.74) is 0. The van der Waals surface area contributed by atoms with E-state index in [2.05, 4.69) is 47.2 Å². The largest absolute Gasteiger partial charge is 0.317 e. The molecule has 2 nitrogen and oxygen atoms in total. The Hall–Kier alpha value is 0.400. The van der Waals surface area contributed by atoms with Crippen molar-refractivity contribution in [2.45, 2.75) is 31.0 Å². The van der Waals surface area contributed by atoms with Gasteiger partial charge < -0.3 is 10.2 Å².